The number of carbonyl (C=O) groups is 1. The van der Waals surface area contributed by atoms with Gasteiger partial charge in [-0.1, -0.05) is 70.1 Å². The SMILES string of the molecule is CCCCCC[C@H](O)C/C=C\CCCCCCC/C=C/C(=O)OC. The zero-order valence-corrected chi connectivity index (χ0v) is 15.8. The van der Waals surface area contributed by atoms with Gasteiger partial charge in [-0.15, -0.1) is 0 Å². The molecule has 1 atom stereocenters. The second-order valence-electron chi connectivity index (χ2n) is 6.48. The summed E-state index contributed by atoms with van der Waals surface area (Å²) in [7, 11) is 1.40. The van der Waals surface area contributed by atoms with Crippen molar-refractivity contribution in [2.24, 2.45) is 0 Å². The molecule has 0 heterocycles. The summed E-state index contributed by atoms with van der Waals surface area (Å²) in [6.07, 6.45) is 22.4. The molecule has 1 N–H and O–H groups in total. The summed E-state index contributed by atoms with van der Waals surface area (Å²) >= 11 is 0. The lowest BCUT2D eigenvalue weighted by Crippen LogP contribution is -2.04. The molecule has 3 heteroatoms. The zero-order valence-electron chi connectivity index (χ0n) is 15.8. The van der Waals surface area contributed by atoms with Crippen molar-refractivity contribution in [1.82, 2.24) is 0 Å². The van der Waals surface area contributed by atoms with Gasteiger partial charge >= 0.3 is 5.97 Å². The van der Waals surface area contributed by atoms with Crippen LogP contribution in [0.5, 0.6) is 0 Å². The maximum atomic E-state index is 10.9. The van der Waals surface area contributed by atoms with Crippen LogP contribution < -0.4 is 0 Å². The van der Waals surface area contributed by atoms with Crippen LogP contribution >= 0.6 is 0 Å². The number of methoxy groups -OCH3 is 1. The van der Waals surface area contributed by atoms with E-state index in [4.69, 9.17) is 0 Å². The summed E-state index contributed by atoms with van der Waals surface area (Å²) in [5.41, 5.74) is 0. The predicted molar refractivity (Wildman–Crippen MR) is 102 cm³/mol. The van der Waals surface area contributed by atoms with E-state index in [2.05, 4.69) is 23.8 Å². The van der Waals surface area contributed by atoms with Gasteiger partial charge in [-0.05, 0) is 38.5 Å². The highest BCUT2D eigenvalue weighted by Gasteiger charge is 2.00. The van der Waals surface area contributed by atoms with Crippen molar-refractivity contribution >= 4 is 5.97 Å². The number of esters is 1. The number of carbonyl (C=O) groups excluding carboxylic acids is 1. The van der Waals surface area contributed by atoms with E-state index in [0.29, 0.717) is 0 Å². The summed E-state index contributed by atoms with van der Waals surface area (Å²) in [4.78, 5) is 10.9. The van der Waals surface area contributed by atoms with E-state index in [1.807, 2.05) is 6.08 Å². The van der Waals surface area contributed by atoms with Crippen molar-refractivity contribution < 1.29 is 14.6 Å². The van der Waals surface area contributed by atoms with E-state index in [-0.39, 0.29) is 12.1 Å². The second-order valence-corrected chi connectivity index (χ2v) is 6.48. The molecule has 0 amide bonds. The zero-order chi connectivity index (χ0) is 17.9. The molecule has 3 nitrogen and oxygen atoms in total. The highest BCUT2D eigenvalue weighted by Crippen LogP contribution is 2.10. The third-order valence-corrected chi connectivity index (χ3v) is 4.16. The Bertz CT molecular complexity index is 334. The van der Waals surface area contributed by atoms with E-state index in [9.17, 15) is 9.90 Å². The van der Waals surface area contributed by atoms with E-state index < -0.39 is 0 Å². The van der Waals surface area contributed by atoms with Gasteiger partial charge in [0.15, 0.2) is 0 Å². The van der Waals surface area contributed by atoms with Crippen LogP contribution in [0.15, 0.2) is 24.3 Å². The van der Waals surface area contributed by atoms with Crippen LogP contribution in [-0.2, 0) is 9.53 Å². The minimum atomic E-state index is -0.270. The van der Waals surface area contributed by atoms with Crippen LogP contribution in [0.1, 0.15) is 90.4 Å². The topological polar surface area (TPSA) is 46.5 Å². The summed E-state index contributed by atoms with van der Waals surface area (Å²) < 4.78 is 4.54. The maximum Gasteiger partial charge on any atom is 0.330 e. The number of aliphatic hydroxyl groups is 1. The van der Waals surface area contributed by atoms with E-state index in [0.717, 1.165) is 38.5 Å². The fraction of sp³-hybridized carbons (Fsp3) is 0.762. The van der Waals surface area contributed by atoms with Crippen molar-refractivity contribution in [3.8, 4) is 0 Å². The molecule has 0 fully saturated rings. The Morgan fingerprint density at radius 3 is 2.21 bits per heavy atom. The van der Waals surface area contributed by atoms with Gasteiger partial charge in [0.2, 0.25) is 0 Å². The minimum Gasteiger partial charge on any atom is -0.466 e. The fourth-order valence-electron chi connectivity index (χ4n) is 2.60. The molecule has 0 radical (unpaired) electrons. The van der Waals surface area contributed by atoms with Crippen molar-refractivity contribution in [2.75, 3.05) is 7.11 Å². The molecule has 0 saturated heterocycles. The van der Waals surface area contributed by atoms with E-state index in [1.54, 1.807) is 0 Å². The van der Waals surface area contributed by atoms with Crippen LogP contribution in [0, 0.1) is 0 Å². The lowest BCUT2D eigenvalue weighted by atomic mass is 10.1. The van der Waals surface area contributed by atoms with Crippen molar-refractivity contribution in [3.63, 3.8) is 0 Å². The van der Waals surface area contributed by atoms with Gasteiger partial charge in [-0.3, -0.25) is 0 Å². The first kappa shape index (κ1) is 22.9. The molecule has 0 rings (SSSR count). The largest absolute Gasteiger partial charge is 0.466 e. The first-order chi connectivity index (χ1) is 11.7. The molecule has 0 aliphatic heterocycles. The number of hydrogen-bond donors (Lipinski definition) is 1. The Hall–Kier alpha value is -1.09. The molecule has 0 aromatic rings. The molecule has 140 valence electrons. The molecule has 0 aliphatic carbocycles. The summed E-state index contributed by atoms with van der Waals surface area (Å²) in [5.74, 6) is -0.270. The smallest absolute Gasteiger partial charge is 0.330 e. The molecule has 0 spiro atoms. The normalized spacial score (nSPS) is 13.0. The first-order valence-electron chi connectivity index (χ1n) is 9.78. The average molecular weight is 339 g/mol. The van der Waals surface area contributed by atoms with Crippen LogP contribution in [-0.4, -0.2) is 24.3 Å². The summed E-state index contributed by atoms with van der Waals surface area (Å²) in [6.45, 7) is 2.21. The van der Waals surface area contributed by atoms with Gasteiger partial charge in [0.25, 0.3) is 0 Å². The fourth-order valence-corrected chi connectivity index (χ4v) is 2.60. The van der Waals surface area contributed by atoms with Crippen LogP contribution in [0.4, 0.5) is 0 Å². The maximum absolute atomic E-state index is 10.9. The molecular weight excluding hydrogens is 300 g/mol. The van der Waals surface area contributed by atoms with Gasteiger partial charge < -0.3 is 9.84 Å². The molecule has 0 aromatic carbocycles. The summed E-state index contributed by atoms with van der Waals surface area (Å²) in [6, 6.07) is 0. The van der Waals surface area contributed by atoms with Crippen molar-refractivity contribution in [3.05, 3.63) is 24.3 Å². The molecule has 0 saturated carbocycles. The molecule has 24 heavy (non-hydrogen) atoms. The number of unbranched alkanes of at least 4 members (excludes halogenated alkanes) is 9. The molecule has 0 aliphatic rings. The molecule has 0 aromatic heterocycles. The van der Waals surface area contributed by atoms with Crippen LogP contribution in [0.25, 0.3) is 0 Å². The third-order valence-electron chi connectivity index (χ3n) is 4.16. The van der Waals surface area contributed by atoms with E-state index >= 15 is 0 Å². The van der Waals surface area contributed by atoms with Crippen LogP contribution in [0.2, 0.25) is 0 Å². The number of hydrogen-bond acceptors (Lipinski definition) is 3. The molecular formula is C21H38O3. The van der Waals surface area contributed by atoms with Gasteiger partial charge in [0.05, 0.1) is 13.2 Å². The number of allylic oxidation sites excluding steroid dienone is 2. The first-order valence-corrected chi connectivity index (χ1v) is 9.78. The van der Waals surface area contributed by atoms with Gasteiger partial charge in [-0.25, -0.2) is 4.79 Å². The quantitative estimate of drug-likeness (QED) is 0.169. The highest BCUT2D eigenvalue weighted by atomic mass is 16.5. The van der Waals surface area contributed by atoms with Gasteiger partial charge in [-0.2, -0.15) is 0 Å². The second kappa shape index (κ2) is 18.3. The Labute approximate surface area is 149 Å². The Kier molecular flexibility index (Phi) is 17.4. The number of rotatable bonds is 16. The number of ether oxygens (including phenoxy) is 1. The van der Waals surface area contributed by atoms with Crippen molar-refractivity contribution in [1.29, 1.82) is 0 Å². The summed E-state index contributed by atoms with van der Waals surface area (Å²) in [5, 5.41) is 9.86. The highest BCUT2D eigenvalue weighted by molar-refractivity contribution is 5.81. The average Bonchev–Trinajstić information content (AvgIpc) is 2.59. The lowest BCUT2D eigenvalue weighted by molar-refractivity contribution is -0.134. The number of aliphatic hydroxyl groups excluding tert-OH is 1. The monoisotopic (exact) mass is 338 g/mol. The van der Waals surface area contributed by atoms with E-state index in [1.165, 1.54) is 58.1 Å². The van der Waals surface area contributed by atoms with Crippen LogP contribution in [0.3, 0.4) is 0 Å². The lowest BCUT2D eigenvalue weighted by Gasteiger charge is -2.07. The Balaban J connectivity index is 3.31. The molecule has 0 bridgehead atoms. The van der Waals surface area contributed by atoms with Crippen molar-refractivity contribution in [2.45, 2.75) is 96.5 Å². The minimum absolute atomic E-state index is 0.156. The predicted octanol–water partition coefficient (Wildman–Crippen LogP) is 5.72. The third kappa shape index (κ3) is 17.3. The van der Waals surface area contributed by atoms with Gasteiger partial charge in [0, 0.05) is 6.08 Å². The Morgan fingerprint density at radius 1 is 0.917 bits per heavy atom. The Morgan fingerprint density at radius 2 is 1.54 bits per heavy atom. The standard InChI is InChI=1S/C21H38O3/c1-3-4-5-14-17-20(22)18-15-12-10-8-6-7-9-11-13-16-19-21(23)24-2/h12,15-16,19-20,22H,3-11,13-14,17-18H2,1-2H3/b15-12-,19-16+/t20-/m0/s1. The molecule has 0 unspecified atom stereocenters. The van der Waals surface area contributed by atoms with Gasteiger partial charge in [0.1, 0.15) is 0 Å².